The number of para-hydroxylation sites is 1. The molecule has 1 aromatic carbocycles. The Labute approximate surface area is 145 Å². The lowest BCUT2D eigenvalue weighted by Gasteiger charge is -2.26. The van der Waals surface area contributed by atoms with Crippen molar-refractivity contribution in [1.29, 1.82) is 0 Å². The van der Waals surface area contributed by atoms with Crippen LogP contribution >= 0.6 is 0 Å². The molecule has 2 fully saturated rings. The van der Waals surface area contributed by atoms with Crippen LogP contribution in [0.25, 0.3) is 0 Å². The second kappa shape index (κ2) is 7.07. The molecule has 1 spiro atoms. The molecule has 1 atom stereocenters. The van der Waals surface area contributed by atoms with E-state index in [4.69, 9.17) is 0 Å². The number of anilines is 1. The molecule has 3 rings (SSSR count). The summed E-state index contributed by atoms with van der Waals surface area (Å²) >= 11 is 0. The van der Waals surface area contributed by atoms with E-state index in [9.17, 15) is 18.4 Å². The molecule has 25 heavy (non-hydrogen) atoms. The van der Waals surface area contributed by atoms with Crippen LogP contribution in [0.5, 0.6) is 0 Å². The Morgan fingerprint density at radius 3 is 2.52 bits per heavy atom. The lowest BCUT2D eigenvalue weighted by atomic mass is 9.91. The van der Waals surface area contributed by atoms with E-state index in [-0.39, 0.29) is 23.8 Å². The van der Waals surface area contributed by atoms with Crippen LogP contribution < -0.4 is 10.6 Å². The summed E-state index contributed by atoms with van der Waals surface area (Å²) in [6.07, 6.45) is 2.83. The molecule has 2 aliphatic rings. The van der Waals surface area contributed by atoms with Crippen molar-refractivity contribution in [3.05, 3.63) is 29.8 Å². The maximum Gasteiger partial charge on any atom is 0.244 e. The highest BCUT2D eigenvalue weighted by Gasteiger charge is 2.58. The Morgan fingerprint density at radius 2 is 1.92 bits per heavy atom. The number of hydrogen-bond donors (Lipinski definition) is 2. The number of hydrogen-bond acceptors (Lipinski definition) is 3. The number of halogens is 2. The fourth-order valence-electron chi connectivity index (χ4n) is 3.71. The molecule has 5 nitrogen and oxygen atoms in total. The molecule has 0 aromatic heterocycles. The zero-order valence-corrected chi connectivity index (χ0v) is 14.3. The smallest absolute Gasteiger partial charge is 0.244 e. The molecule has 0 radical (unpaired) electrons. The number of nitrogens with zero attached hydrogens (tertiary/aromatic N) is 1. The summed E-state index contributed by atoms with van der Waals surface area (Å²) in [7, 11) is 0. The predicted octanol–water partition coefficient (Wildman–Crippen LogP) is 2.14. The minimum atomic E-state index is -0.835. The molecule has 1 saturated heterocycles. The van der Waals surface area contributed by atoms with Gasteiger partial charge in [0.2, 0.25) is 11.8 Å². The third-order valence-electron chi connectivity index (χ3n) is 5.34. The Balaban J connectivity index is 1.60. The lowest BCUT2D eigenvalue weighted by molar-refractivity contribution is -0.136. The van der Waals surface area contributed by atoms with Crippen LogP contribution in [0.2, 0.25) is 0 Å². The SMILES string of the molecule is CCN(CC(=O)Nc1c(F)cccc1F)C(=O)C1CC12CCNCC2. The second-order valence-electron chi connectivity index (χ2n) is 6.87. The molecule has 0 bridgehead atoms. The highest BCUT2D eigenvalue weighted by atomic mass is 19.1. The number of likely N-dealkylation sites (N-methyl/N-ethyl adjacent to an activating group) is 1. The molecule has 7 heteroatoms. The standard InChI is InChI=1S/C18H23F2N3O2/c1-2-23(17(25)12-10-18(12)6-8-21-9-7-18)11-15(24)22-16-13(19)4-3-5-14(16)20/h3-5,12,21H,2,6-11H2,1H3,(H,22,24). The molecule has 2 amide bonds. The van der Waals surface area contributed by atoms with Gasteiger partial charge in [-0.25, -0.2) is 8.78 Å². The first-order chi connectivity index (χ1) is 12.0. The lowest BCUT2D eigenvalue weighted by Crippen LogP contribution is -2.40. The molecule has 1 aliphatic heterocycles. The fraction of sp³-hybridized carbons (Fsp3) is 0.556. The second-order valence-corrected chi connectivity index (χ2v) is 6.87. The van der Waals surface area contributed by atoms with Crippen molar-refractivity contribution in [1.82, 2.24) is 10.2 Å². The van der Waals surface area contributed by atoms with Gasteiger partial charge in [-0.1, -0.05) is 6.07 Å². The summed E-state index contributed by atoms with van der Waals surface area (Å²) in [6.45, 7) is 3.82. The van der Waals surface area contributed by atoms with Crippen LogP contribution in [0.3, 0.4) is 0 Å². The summed E-state index contributed by atoms with van der Waals surface area (Å²) in [4.78, 5) is 26.3. The van der Waals surface area contributed by atoms with Gasteiger partial charge < -0.3 is 15.5 Å². The van der Waals surface area contributed by atoms with Gasteiger partial charge in [0.05, 0.1) is 6.54 Å². The summed E-state index contributed by atoms with van der Waals surface area (Å²) < 4.78 is 27.2. The molecule has 1 heterocycles. The van der Waals surface area contributed by atoms with E-state index in [2.05, 4.69) is 10.6 Å². The molecule has 136 valence electrons. The number of nitrogens with one attached hydrogen (secondary N) is 2. The van der Waals surface area contributed by atoms with Crippen LogP contribution in [0.15, 0.2) is 18.2 Å². The van der Waals surface area contributed by atoms with Gasteiger partial charge in [0, 0.05) is 12.5 Å². The average molecular weight is 351 g/mol. The molecular formula is C18H23F2N3O2. The van der Waals surface area contributed by atoms with Crippen LogP contribution in [0.4, 0.5) is 14.5 Å². The van der Waals surface area contributed by atoms with Gasteiger partial charge in [-0.3, -0.25) is 9.59 Å². The van der Waals surface area contributed by atoms with Crippen molar-refractivity contribution in [2.24, 2.45) is 11.3 Å². The number of piperidine rings is 1. The highest BCUT2D eigenvalue weighted by molar-refractivity contribution is 5.95. The maximum absolute atomic E-state index is 13.6. The van der Waals surface area contributed by atoms with Gasteiger partial charge in [-0.15, -0.1) is 0 Å². The van der Waals surface area contributed by atoms with Gasteiger partial charge in [0.25, 0.3) is 0 Å². The summed E-state index contributed by atoms with van der Waals surface area (Å²) in [5, 5.41) is 5.53. The zero-order chi connectivity index (χ0) is 18.0. The number of benzene rings is 1. The van der Waals surface area contributed by atoms with E-state index >= 15 is 0 Å². The zero-order valence-electron chi connectivity index (χ0n) is 14.3. The first-order valence-corrected chi connectivity index (χ1v) is 8.70. The molecule has 1 aliphatic carbocycles. The van der Waals surface area contributed by atoms with E-state index in [0.717, 1.165) is 44.5 Å². The monoisotopic (exact) mass is 351 g/mol. The number of rotatable bonds is 5. The average Bonchev–Trinajstić information content (AvgIpc) is 3.29. The maximum atomic E-state index is 13.6. The van der Waals surface area contributed by atoms with E-state index in [1.165, 1.54) is 11.0 Å². The van der Waals surface area contributed by atoms with Gasteiger partial charge in [-0.2, -0.15) is 0 Å². The Bertz CT molecular complexity index is 654. The van der Waals surface area contributed by atoms with E-state index in [0.29, 0.717) is 6.54 Å². The molecule has 1 unspecified atom stereocenters. The third kappa shape index (κ3) is 3.66. The summed E-state index contributed by atoms with van der Waals surface area (Å²) in [5.41, 5.74) is -0.388. The van der Waals surface area contributed by atoms with Crippen molar-refractivity contribution < 1.29 is 18.4 Å². The van der Waals surface area contributed by atoms with Crippen LogP contribution in [0.1, 0.15) is 26.2 Å². The fourth-order valence-corrected chi connectivity index (χ4v) is 3.71. The van der Waals surface area contributed by atoms with Crippen molar-refractivity contribution in [3.63, 3.8) is 0 Å². The van der Waals surface area contributed by atoms with Gasteiger partial charge in [0.15, 0.2) is 0 Å². The minimum absolute atomic E-state index is 0.0337. The van der Waals surface area contributed by atoms with Crippen molar-refractivity contribution in [2.45, 2.75) is 26.2 Å². The number of carbonyl (C=O) groups excluding carboxylic acids is 2. The van der Waals surface area contributed by atoms with E-state index in [1.807, 2.05) is 0 Å². The van der Waals surface area contributed by atoms with Crippen LogP contribution in [-0.4, -0.2) is 42.9 Å². The predicted molar refractivity (Wildman–Crippen MR) is 89.9 cm³/mol. The van der Waals surface area contributed by atoms with Crippen LogP contribution in [0, 0.1) is 23.0 Å². The molecule has 1 saturated carbocycles. The minimum Gasteiger partial charge on any atom is -0.333 e. The Kier molecular flexibility index (Phi) is 5.03. The normalized spacial score (nSPS) is 21.0. The Morgan fingerprint density at radius 1 is 1.28 bits per heavy atom. The largest absolute Gasteiger partial charge is 0.333 e. The van der Waals surface area contributed by atoms with E-state index in [1.54, 1.807) is 6.92 Å². The van der Waals surface area contributed by atoms with Crippen LogP contribution in [-0.2, 0) is 9.59 Å². The third-order valence-corrected chi connectivity index (χ3v) is 5.34. The van der Waals surface area contributed by atoms with Gasteiger partial charge in [-0.05, 0) is 56.8 Å². The summed E-state index contributed by atoms with van der Waals surface area (Å²) in [6, 6.07) is 3.38. The molecule has 2 N–H and O–H groups in total. The Hall–Kier alpha value is -2.02. The van der Waals surface area contributed by atoms with Gasteiger partial charge in [0.1, 0.15) is 17.3 Å². The number of carbonyl (C=O) groups is 2. The van der Waals surface area contributed by atoms with E-state index < -0.39 is 23.2 Å². The number of amides is 2. The quantitative estimate of drug-likeness (QED) is 0.854. The van der Waals surface area contributed by atoms with Crippen molar-refractivity contribution in [2.75, 3.05) is 31.5 Å². The first-order valence-electron chi connectivity index (χ1n) is 8.70. The topological polar surface area (TPSA) is 61.4 Å². The highest BCUT2D eigenvalue weighted by Crippen LogP contribution is 2.59. The van der Waals surface area contributed by atoms with Crippen molar-refractivity contribution >= 4 is 17.5 Å². The summed E-state index contributed by atoms with van der Waals surface area (Å²) in [5.74, 6) is -2.34. The van der Waals surface area contributed by atoms with Crippen molar-refractivity contribution in [3.8, 4) is 0 Å². The van der Waals surface area contributed by atoms with Gasteiger partial charge >= 0.3 is 0 Å². The molecule has 1 aromatic rings. The first kappa shape index (κ1) is 17.8. The molecular weight excluding hydrogens is 328 g/mol.